The van der Waals surface area contributed by atoms with Crippen LogP contribution in [0.4, 0.5) is 0 Å². The van der Waals surface area contributed by atoms with Gasteiger partial charge in [0, 0.05) is 31.4 Å². The van der Waals surface area contributed by atoms with E-state index >= 15 is 0 Å². The molecule has 1 fully saturated rings. The Balaban J connectivity index is 2.06. The Kier molecular flexibility index (Phi) is 4.14. The van der Waals surface area contributed by atoms with E-state index in [1.807, 2.05) is 19.9 Å². The molecule has 6 heteroatoms. The number of aromatic amines is 1. The topological polar surface area (TPSA) is 87.1 Å². The van der Waals surface area contributed by atoms with Crippen LogP contribution in [0.15, 0.2) is 12.3 Å². The zero-order valence-corrected chi connectivity index (χ0v) is 13.4. The standard InChI is InChI=1S/C17H21N3O3/c1-11(2)23-16(21)13-9-19-10-17(3-5-22-6-4-17)14-7-12(8-18)20-15(13)14/h7,9,11,19-20H,3-6,10H2,1-2H3. The minimum absolute atomic E-state index is 0.129. The van der Waals surface area contributed by atoms with Gasteiger partial charge in [0.05, 0.1) is 17.4 Å². The van der Waals surface area contributed by atoms with Gasteiger partial charge in [0.25, 0.3) is 0 Å². The minimum Gasteiger partial charge on any atom is -0.459 e. The van der Waals surface area contributed by atoms with Crippen LogP contribution in [0.2, 0.25) is 0 Å². The summed E-state index contributed by atoms with van der Waals surface area (Å²) >= 11 is 0. The molecule has 1 saturated heterocycles. The van der Waals surface area contributed by atoms with Gasteiger partial charge in [-0.2, -0.15) is 5.26 Å². The molecule has 0 radical (unpaired) electrons. The fourth-order valence-electron chi connectivity index (χ4n) is 3.31. The van der Waals surface area contributed by atoms with Crippen molar-refractivity contribution in [3.05, 3.63) is 29.2 Å². The number of nitrogens with one attached hydrogen (secondary N) is 2. The molecule has 0 atom stereocenters. The van der Waals surface area contributed by atoms with Crippen molar-refractivity contribution in [1.82, 2.24) is 10.3 Å². The fraction of sp³-hybridized carbons (Fsp3) is 0.529. The summed E-state index contributed by atoms with van der Waals surface area (Å²) in [6.45, 7) is 5.71. The van der Waals surface area contributed by atoms with Crippen molar-refractivity contribution in [2.45, 2.75) is 38.2 Å². The smallest absolute Gasteiger partial charge is 0.342 e. The third-order valence-electron chi connectivity index (χ3n) is 4.48. The molecule has 0 saturated carbocycles. The molecule has 1 spiro atoms. The SMILES string of the molecule is CC(C)OC(=O)C1=CNCC2(CCOCC2)c2cc(C#N)[nH]c21. The van der Waals surface area contributed by atoms with Crippen LogP contribution in [0.5, 0.6) is 0 Å². The van der Waals surface area contributed by atoms with Crippen LogP contribution in [-0.4, -0.2) is 36.8 Å². The summed E-state index contributed by atoms with van der Waals surface area (Å²) in [5.41, 5.74) is 2.48. The maximum atomic E-state index is 12.4. The van der Waals surface area contributed by atoms with Crippen molar-refractivity contribution < 1.29 is 14.3 Å². The lowest BCUT2D eigenvalue weighted by molar-refractivity contribution is -0.140. The van der Waals surface area contributed by atoms with E-state index in [0.29, 0.717) is 36.7 Å². The van der Waals surface area contributed by atoms with Crippen LogP contribution in [0, 0.1) is 11.3 Å². The van der Waals surface area contributed by atoms with E-state index in [1.165, 1.54) is 0 Å². The summed E-state index contributed by atoms with van der Waals surface area (Å²) in [6.07, 6.45) is 3.22. The van der Waals surface area contributed by atoms with Crippen LogP contribution < -0.4 is 5.32 Å². The van der Waals surface area contributed by atoms with Gasteiger partial charge in [-0.15, -0.1) is 0 Å². The number of nitriles is 1. The Morgan fingerprint density at radius 1 is 1.43 bits per heavy atom. The zero-order valence-electron chi connectivity index (χ0n) is 13.4. The Morgan fingerprint density at radius 3 is 2.83 bits per heavy atom. The molecule has 1 aromatic heterocycles. The number of H-pyrrole nitrogens is 1. The zero-order chi connectivity index (χ0) is 16.4. The molecule has 23 heavy (non-hydrogen) atoms. The highest BCUT2D eigenvalue weighted by molar-refractivity contribution is 6.16. The largest absolute Gasteiger partial charge is 0.459 e. The number of carbonyl (C=O) groups excluding carboxylic acids is 1. The predicted molar refractivity (Wildman–Crippen MR) is 84.4 cm³/mol. The Morgan fingerprint density at radius 2 is 2.17 bits per heavy atom. The Bertz CT molecular complexity index is 676. The first kappa shape index (κ1) is 15.6. The number of carbonyl (C=O) groups is 1. The molecule has 0 unspecified atom stereocenters. The van der Waals surface area contributed by atoms with Gasteiger partial charge in [-0.1, -0.05) is 0 Å². The molecule has 0 aromatic carbocycles. The highest BCUT2D eigenvalue weighted by Crippen LogP contribution is 2.40. The molecule has 6 nitrogen and oxygen atoms in total. The van der Waals surface area contributed by atoms with E-state index in [9.17, 15) is 10.1 Å². The van der Waals surface area contributed by atoms with Crippen molar-refractivity contribution in [2.24, 2.45) is 0 Å². The number of nitrogens with zero attached hydrogens (tertiary/aromatic N) is 1. The number of rotatable bonds is 2. The van der Waals surface area contributed by atoms with Crippen molar-refractivity contribution >= 4 is 11.5 Å². The minimum atomic E-state index is -0.385. The summed E-state index contributed by atoms with van der Waals surface area (Å²) < 4.78 is 10.8. The van der Waals surface area contributed by atoms with E-state index < -0.39 is 0 Å². The lowest BCUT2D eigenvalue weighted by Gasteiger charge is -2.36. The summed E-state index contributed by atoms with van der Waals surface area (Å²) in [5, 5.41) is 12.5. The van der Waals surface area contributed by atoms with Crippen LogP contribution in [0.1, 0.15) is 43.6 Å². The number of esters is 1. The maximum Gasteiger partial charge on any atom is 0.342 e. The van der Waals surface area contributed by atoms with Crippen molar-refractivity contribution in [3.8, 4) is 6.07 Å². The molecule has 0 amide bonds. The third-order valence-corrected chi connectivity index (χ3v) is 4.48. The molecular formula is C17H21N3O3. The first-order valence-electron chi connectivity index (χ1n) is 7.92. The van der Waals surface area contributed by atoms with Gasteiger partial charge in [0.1, 0.15) is 11.8 Å². The fourth-order valence-corrected chi connectivity index (χ4v) is 3.31. The van der Waals surface area contributed by atoms with Gasteiger partial charge in [0.15, 0.2) is 0 Å². The van der Waals surface area contributed by atoms with Crippen molar-refractivity contribution in [1.29, 1.82) is 5.26 Å². The molecule has 122 valence electrons. The van der Waals surface area contributed by atoms with E-state index in [-0.39, 0.29) is 17.5 Å². The lowest BCUT2D eigenvalue weighted by atomic mass is 9.73. The summed E-state index contributed by atoms with van der Waals surface area (Å²) in [5.74, 6) is -0.385. The van der Waals surface area contributed by atoms with Gasteiger partial charge in [-0.05, 0) is 38.3 Å². The Hall–Kier alpha value is -2.26. The maximum absolute atomic E-state index is 12.4. The average Bonchev–Trinajstić information content (AvgIpc) is 2.91. The van der Waals surface area contributed by atoms with Gasteiger partial charge in [-0.25, -0.2) is 4.79 Å². The highest BCUT2D eigenvalue weighted by Gasteiger charge is 2.40. The molecule has 0 aliphatic carbocycles. The predicted octanol–water partition coefficient (Wildman–Crippen LogP) is 1.83. The van der Waals surface area contributed by atoms with E-state index in [1.54, 1.807) is 6.20 Å². The van der Waals surface area contributed by atoms with Gasteiger partial charge in [-0.3, -0.25) is 0 Å². The van der Waals surface area contributed by atoms with Crippen molar-refractivity contribution in [2.75, 3.05) is 19.8 Å². The van der Waals surface area contributed by atoms with Crippen LogP contribution >= 0.6 is 0 Å². The average molecular weight is 315 g/mol. The van der Waals surface area contributed by atoms with Crippen LogP contribution in [0.25, 0.3) is 5.57 Å². The third kappa shape index (κ3) is 2.84. The van der Waals surface area contributed by atoms with Crippen LogP contribution in [0.3, 0.4) is 0 Å². The molecule has 1 aromatic rings. The van der Waals surface area contributed by atoms with Crippen LogP contribution in [-0.2, 0) is 19.7 Å². The first-order valence-corrected chi connectivity index (χ1v) is 7.92. The number of hydrogen-bond donors (Lipinski definition) is 2. The van der Waals surface area contributed by atoms with Gasteiger partial charge < -0.3 is 19.8 Å². The highest BCUT2D eigenvalue weighted by atomic mass is 16.5. The lowest BCUT2D eigenvalue weighted by Crippen LogP contribution is -2.41. The summed E-state index contributed by atoms with van der Waals surface area (Å²) in [7, 11) is 0. The molecular weight excluding hydrogens is 294 g/mol. The first-order chi connectivity index (χ1) is 11.1. The second-order valence-electron chi connectivity index (χ2n) is 6.37. The second kappa shape index (κ2) is 6.09. The molecule has 2 aliphatic heterocycles. The molecule has 2 aliphatic rings. The number of aromatic nitrogens is 1. The number of fused-ring (bicyclic) bond motifs is 2. The summed E-state index contributed by atoms with van der Waals surface area (Å²) in [4.78, 5) is 15.5. The number of hydrogen-bond acceptors (Lipinski definition) is 5. The Labute approximate surface area is 135 Å². The van der Waals surface area contributed by atoms with E-state index in [2.05, 4.69) is 16.4 Å². The molecule has 3 heterocycles. The molecule has 3 rings (SSSR count). The molecule has 2 N–H and O–H groups in total. The van der Waals surface area contributed by atoms with E-state index in [0.717, 1.165) is 18.4 Å². The van der Waals surface area contributed by atoms with Gasteiger partial charge >= 0.3 is 5.97 Å². The van der Waals surface area contributed by atoms with E-state index in [4.69, 9.17) is 9.47 Å². The normalized spacial score (nSPS) is 19.3. The molecule has 0 bridgehead atoms. The monoisotopic (exact) mass is 315 g/mol. The van der Waals surface area contributed by atoms with Gasteiger partial charge in [0.2, 0.25) is 0 Å². The van der Waals surface area contributed by atoms with Crippen molar-refractivity contribution in [3.63, 3.8) is 0 Å². The number of ether oxygens (including phenoxy) is 2. The second-order valence-corrected chi connectivity index (χ2v) is 6.37. The quantitative estimate of drug-likeness (QED) is 0.813. The summed E-state index contributed by atoms with van der Waals surface area (Å²) in [6, 6.07) is 4.01.